The number of anilines is 1. The van der Waals surface area contributed by atoms with Crippen molar-refractivity contribution >= 4 is 33.2 Å². The van der Waals surface area contributed by atoms with E-state index in [9.17, 15) is 27.2 Å². The lowest BCUT2D eigenvalue weighted by Gasteiger charge is -2.33. The standard InChI is InChI=1S/C21H26FN3O5S/c22-16-1-3-18(4-2-16)25-12-15(11-19(25)26)21(28)24-8-5-14(6-9-24)20(27)23-17-7-10-31(29,30)13-17/h1-4,14-15,17H,5-13H2,(H,23,27)/t15-,17-/m1/s1. The van der Waals surface area contributed by atoms with Crippen molar-refractivity contribution in [2.45, 2.75) is 31.7 Å². The molecule has 3 saturated heterocycles. The van der Waals surface area contributed by atoms with Crippen LogP contribution in [0.15, 0.2) is 24.3 Å². The maximum Gasteiger partial charge on any atom is 0.228 e. The highest BCUT2D eigenvalue weighted by Crippen LogP contribution is 2.28. The number of benzene rings is 1. The molecule has 0 saturated carbocycles. The highest BCUT2D eigenvalue weighted by Gasteiger charge is 2.39. The number of rotatable bonds is 4. The Morgan fingerprint density at radius 2 is 1.71 bits per heavy atom. The van der Waals surface area contributed by atoms with Crippen LogP contribution in [0, 0.1) is 17.7 Å². The predicted octanol–water partition coefficient (Wildman–Crippen LogP) is 0.720. The summed E-state index contributed by atoms with van der Waals surface area (Å²) in [7, 11) is -3.05. The number of piperidine rings is 1. The van der Waals surface area contributed by atoms with Crippen molar-refractivity contribution in [3.63, 3.8) is 0 Å². The van der Waals surface area contributed by atoms with Crippen LogP contribution in [-0.4, -0.2) is 68.2 Å². The Balaban J connectivity index is 1.28. The van der Waals surface area contributed by atoms with Gasteiger partial charge in [-0.15, -0.1) is 0 Å². The van der Waals surface area contributed by atoms with Gasteiger partial charge < -0.3 is 15.1 Å². The maximum atomic E-state index is 13.1. The van der Waals surface area contributed by atoms with Crippen molar-refractivity contribution in [1.29, 1.82) is 0 Å². The van der Waals surface area contributed by atoms with Crippen LogP contribution in [0.4, 0.5) is 10.1 Å². The van der Waals surface area contributed by atoms with Crippen molar-refractivity contribution in [2.75, 3.05) is 36.0 Å². The van der Waals surface area contributed by atoms with Gasteiger partial charge in [0.2, 0.25) is 17.7 Å². The molecule has 8 nitrogen and oxygen atoms in total. The Morgan fingerprint density at radius 1 is 1.03 bits per heavy atom. The first-order valence-corrected chi connectivity index (χ1v) is 12.4. The second-order valence-corrected chi connectivity index (χ2v) is 10.8. The van der Waals surface area contributed by atoms with Gasteiger partial charge in [0.25, 0.3) is 0 Å². The molecule has 3 fully saturated rings. The molecule has 3 heterocycles. The van der Waals surface area contributed by atoms with Crippen LogP contribution in [0.5, 0.6) is 0 Å². The number of sulfone groups is 1. The summed E-state index contributed by atoms with van der Waals surface area (Å²) in [5, 5.41) is 2.84. The van der Waals surface area contributed by atoms with Gasteiger partial charge in [0.1, 0.15) is 5.82 Å². The SMILES string of the molecule is O=C(N[C@@H]1CCS(=O)(=O)C1)C1CCN(C(=O)[C@@H]2CC(=O)N(c3ccc(F)cc3)C2)CC1. The Morgan fingerprint density at radius 3 is 2.32 bits per heavy atom. The Hall–Kier alpha value is -2.49. The van der Waals surface area contributed by atoms with E-state index in [1.807, 2.05) is 0 Å². The van der Waals surface area contributed by atoms with Crippen molar-refractivity contribution in [3.05, 3.63) is 30.1 Å². The summed E-state index contributed by atoms with van der Waals surface area (Å²) in [5.74, 6) is -1.38. The predicted molar refractivity (Wildman–Crippen MR) is 111 cm³/mol. The Labute approximate surface area is 180 Å². The lowest BCUT2D eigenvalue weighted by atomic mass is 9.94. The van der Waals surface area contributed by atoms with Crippen LogP contribution in [0.1, 0.15) is 25.7 Å². The first kappa shape index (κ1) is 21.7. The minimum atomic E-state index is -3.05. The zero-order chi connectivity index (χ0) is 22.2. The topological polar surface area (TPSA) is 104 Å². The smallest absolute Gasteiger partial charge is 0.228 e. The maximum absolute atomic E-state index is 13.1. The van der Waals surface area contributed by atoms with Gasteiger partial charge in [-0.05, 0) is 43.5 Å². The summed E-state index contributed by atoms with van der Waals surface area (Å²) in [6.45, 7) is 1.13. The molecule has 0 bridgehead atoms. The lowest BCUT2D eigenvalue weighted by Crippen LogP contribution is -2.47. The third-order valence-corrected chi connectivity index (χ3v) is 8.14. The number of carbonyl (C=O) groups is 3. The quantitative estimate of drug-likeness (QED) is 0.727. The van der Waals surface area contributed by atoms with Gasteiger partial charge in [-0.1, -0.05) is 0 Å². The molecule has 3 aliphatic rings. The molecule has 1 N–H and O–H groups in total. The molecule has 1 aromatic carbocycles. The van der Waals surface area contributed by atoms with E-state index in [0.29, 0.717) is 38.0 Å². The van der Waals surface area contributed by atoms with Gasteiger partial charge in [-0.3, -0.25) is 14.4 Å². The molecule has 1 aromatic rings. The second kappa shape index (κ2) is 8.57. The summed E-state index contributed by atoms with van der Waals surface area (Å²) in [6.07, 6.45) is 1.59. The normalized spacial score (nSPS) is 26.3. The fraction of sp³-hybridized carbons (Fsp3) is 0.571. The largest absolute Gasteiger partial charge is 0.352 e. The second-order valence-electron chi connectivity index (χ2n) is 8.59. The minimum Gasteiger partial charge on any atom is -0.352 e. The van der Waals surface area contributed by atoms with Crippen LogP contribution < -0.4 is 10.2 Å². The summed E-state index contributed by atoms with van der Waals surface area (Å²) in [4.78, 5) is 41.0. The monoisotopic (exact) mass is 451 g/mol. The summed E-state index contributed by atoms with van der Waals surface area (Å²) < 4.78 is 36.2. The molecule has 31 heavy (non-hydrogen) atoms. The number of halogens is 1. The fourth-order valence-corrected chi connectivity index (χ4v) is 6.27. The average molecular weight is 452 g/mol. The molecular weight excluding hydrogens is 425 g/mol. The molecule has 0 unspecified atom stereocenters. The first-order chi connectivity index (χ1) is 14.7. The number of carbonyl (C=O) groups excluding carboxylic acids is 3. The zero-order valence-corrected chi connectivity index (χ0v) is 17.9. The number of likely N-dealkylation sites (tertiary alicyclic amines) is 1. The Bertz CT molecular complexity index is 973. The van der Waals surface area contributed by atoms with Crippen molar-refractivity contribution in [1.82, 2.24) is 10.2 Å². The zero-order valence-electron chi connectivity index (χ0n) is 17.1. The molecule has 4 rings (SSSR count). The van der Waals surface area contributed by atoms with Gasteiger partial charge in [-0.2, -0.15) is 0 Å². The highest BCUT2D eigenvalue weighted by atomic mass is 32.2. The fourth-order valence-electron chi connectivity index (χ4n) is 4.59. The molecule has 2 atom stereocenters. The number of hydrogen-bond acceptors (Lipinski definition) is 5. The van der Waals surface area contributed by atoms with E-state index >= 15 is 0 Å². The van der Waals surface area contributed by atoms with Crippen LogP contribution in [0.3, 0.4) is 0 Å². The third-order valence-electron chi connectivity index (χ3n) is 6.37. The summed E-state index contributed by atoms with van der Waals surface area (Å²) in [6, 6.07) is 5.31. The summed E-state index contributed by atoms with van der Waals surface area (Å²) in [5.41, 5.74) is 0.575. The van der Waals surface area contributed by atoms with Crippen LogP contribution in [0.2, 0.25) is 0 Å². The van der Waals surface area contributed by atoms with Gasteiger partial charge in [0.05, 0.1) is 17.4 Å². The molecule has 0 aliphatic carbocycles. The highest BCUT2D eigenvalue weighted by molar-refractivity contribution is 7.91. The van der Waals surface area contributed by atoms with E-state index in [2.05, 4.69) is 5.32 Å². The molecule has 3 amide bonds. The number of nitrogens with zero attached hydrogens (tertiary/aromatic N) is 2. The first-order valence-electron chi connectivity index (χ1n) is 10.6. The molecule has 0 aromatic heterocycles. The van der Waals surface area contributed by atoms with E-state index in [4.69, 9.17) is 0 Å². The van der Waals surface area contributed by atoms with Gasteiger partial charge in [0.15, 0.2) is 9.84 Å². The Kier molecular flexibility index (Phi) is 6.00. The van der Waals surface area contributed by atoms with Gasteiger partial charge in [0, 0.05) is 43.7 Å². The van der Waals surface area contributed by atoms with E-state index in [1.165, 1.54) is 29.2 Å². The van der Waals surface area contributed by atoms with Crippen LogP contribution in [-0.2, 0) is 24.2 Å². The number of hydrogen-bond donors (Lipinski definition) is 1. The van der Waals surface area contributed by atoms with Gasteiger partial charge in [-0.25, -0.2) is 12.8 Å². The van der Waals surface area contributed by atoms with Crippen molar-refractivity contribution < 1.29 is 27.2 Å². The van der Waals surface area contributed by atoms with Crippen molar-refractivity contribution in [2.24, 2.45) is 11.8 Å². The molecular formula is C21H26FN3O5S. The van der Waals surface area contributed by atoms with Crippen molar-refractivity contribution in [3.8, 4) is 0 Å². The molecule has 0 radical (unpaired) electrons. The summed E-state index contributed by atoms with van der Waals surface area (Å²) >= 11 is 0. The lowest BCUT2D eigenvalue weighted by molar-refractivity contribution is -0.139. The molecule has 10 heteroatoms. The van der Waals surface area contributed by atoms with Crippen LogP contribution in [0.25, 0.3) is 0 Å². The molecule has 3 aliphatic heterocycles. The van der Waals surface area contributed by atoms with E-state index in [-0.39, 0.29) is 60.0 Å². The van der Waals surface area contributed by atoms with Gasteiger partial charge >= 0.3 is 0 Å². The average Bonchev–Trinajstić information content (AvgIpc) is 3.29. The minimum absolute atomic E-state index is 0.00364. The third kappa shape index (κ3) is 4.89. The van der Waals surface area contributed by atoms with E-state index in [0.717, 1.165) is 0 Å². The van der Waals surface area contributed by atoms with Crippen LogP contribution >= 0.6 is 0 Å². The van der Waals surface area contributed by atoms with E-state index in [1.54, 1.807) is 4.90 Å². The number of nitrogens with one attached hydrogen (secondary N) is 1. The molecule has 168 valence electrons. The number of amides is 3. The van der Waals surface area contributed by atoms with E-state index < -0.39 is 15.8 Å². The molecule has 0 spiro atoms.